The summed E-state index contributed by atoms with van der Waals surface area (Å²) in [5.74, 6) is 0.919. The number of benzene rings is 6. The van der Waals surface area contributed by atoms with Crippen LogP contribution in [-0.4, -0.2) is 9.55 Å². The fourth-order valence-corrected chi connectivity index (χ4v) is 7.62. The smallest absolute Gasteiger partial charge is 0.138 e. The molecule has 0 radical (unpaired) electrons. The average Bonchev–Trinajstić information content (AvgIpc) is 3.57. The van der Waals surface area contributed by atoms with Crippen molar-refractivity contribution in [3.8, 4) is 50.5 Å². The Balaban J connectivity index is 1.30. The molecule has 0 spiro atoms. The SMILES string of the molecule is CC1(C)c2ccccc2-c2ccc3c(c21)c1ccccc1n3-c1cc(-c2ccccc2)cc(-c2ccc(-c3ccccc3)cc2)n1. The second kappa shape index (κ2) is 10.2. The molecular formula is C44H32N2. The topological polar surface area (TPSA) is 17.8 Å². The molecular weight excluding hydrogens is 556 g/mol. The third-order valence-electron chi connectivity index (χ3n) is 9.79. The summed E-state index contributed by atoms with van der Waals surface area (Å²) in [5.41, 5.74) is 14.5. The molecule has 2 heteroatoms. The van der Waals surface area contributed by atoms with Gasteiger partial charge in [-0.2, -0.15) is 0 Å². The highest BCUT2D eigenvalue weighted by Crippen LogP contribution is 2.53. The summed E-state index contributed by atoms with van der Waals surface area (Å²) in [4.78, 5) is 5.41. The summed E-state index contributed by atoms with van der Waals surface area (Å²) >= 11 is 0. The van der Waals surface area contributed by atoms with Gasteiger partial charge in [-0.05, 0) is 68.8 Å². The van der Waals surface area contributed by atoms with Crippen molar-refractivity contribution in [1.82, 2.24) is 9.55 Å². The highest BCUT2D eigenvalue weighted by molar-refractivity contribution is 6.14. The van der Waals surface area contributed by atoms with Crippen LogP contribution in [0.3, 0.4) is 0 Å². The van der Waals surface area contributed by atoms with E-state index in [-0.39, 0.29) is 5.41 Å². The summed E-state index contributed by atoms with van der Waals surface area (Å²) in [7, 11) is 0. The number of hydrogen-bond acceptors (Lipinski definition) is 1. The Hall–Kier alpha value is -5.73. The van der Waals surface area contributed by atoms with Crippen LogP contribution in [0.5, 0.6) is 0 Å². The van der Waals surface area contributed by atoms with Gasteiger partial charge in [0.2, 0.25) is 0 Å². The van der Waals surface area contributed by atoms with Crippen LogP contribution >= 0.6 is 0 Å². The minimum atomic E-state index is -0.120. The Morgan fingerprint density at radius 3 is 1.85 bits per heavy atom. The lowest BCUT2D eigenvalue weighted by atomic mass is 9.80. The molecule has 8 aromatic rings. The number of fused-ring (bicyclic) bond motifs is 7. The molecule has 0 saturated carbocycles. The first kappa shape index (κ1) is 26.7. The molecule has 2 aromatic heterocycles. The summed E-state index contributed by atoms with van der Waals surface area (Å²) in [6.45, 7) is 4.74. The highest BCUT2D eigenvalue weighted by atomic mass is 15.1. The Morgan fingerprint density at radius 2 is 1.09 bits per heavy atom. The zero-order chi connectivity index (χ0) is 30.8. The van der Waals surface area contributed by atoms with E-state index in [1.807, 2.05) is 0 Å². The van der Waals surface area contributed by atoms with E-state index in [0.717, 1.165) is 22.6 Å². The second-order valence-corrected chi connectivity index (χ2v) is 12.8. The maximum Gasteiger partial charge on any atom is 0.138 e. The zero-order valence-corrected chi connectivity index (χ0v) is 25.9. The third kappa shape index (κ3) is 4.00. The van der Waals surface area contributed by atoms with Gasteiger partial charge >= 0.3 is 0 Å². The molecule has 0 aliphatic heterocycles. The van der Waals surface area contributed by atoms with Gasteiger partial charge in [0.05, 0.1) is 16.7 Å². The molecule has 2 nitrogen and oxygen atoms in total. The van der Waals surface area contributed by atoms with Crippen molar-refractivity contribution in [2.24, 2.45) is 0 Å². The summed E-state index contributed by atoms with van der Waals surface area (Å²) in [5, 5.41) is 2.57. The molecule has 1 aliphatic carbocycles. The van der Waals surface area contributed by atoms with Crippen LogP contribution < -0.4 is 0 Å². The normalized spacial score (nSPS) is 13.2. The Kier molecular flexibility index (Phi) is 5.88. The van der Waals surface area contributed by atoms with E-state index in [1.165, 1.54) is 60.8 Å². The van der Waals surface area contributed by atoms with E-state index in [1.54, 1.807) is 0 Å². The Bertz CT molecular complexity index is 2410. The molecule has 0 bridgehead atoms. The molecule has 0 saturated heterocycles. The van der Waals surface area contributed by atoms with Gasteiger partial charge in [0.25, 0.3) is 0 Å². The number of nitrogens with zero attached hydrogens (tertiary/aromatic N) is 2. The van der Waals surface area contributed by atoms with Gasteiger partial charge < -0.3 is 0 Å². The summed E-state index contributed by atoms with van der Waals surface area (Å²) < 4.78 is 2.37. The van der Waals surface area contributed by atoms with Gasteiger partial charge in [-0.1, -0.05) is 147 Å². The van der Waals surface area contributed by atoms with Crippen LogP contribution in [0.25, 0.3) is 72.3 Å². The predicted molar refractivity (Wildman–Crippen MR) is 192 cm³/mol. The second-order valence-electron chi connectivity index (χ2n) is 12.8. The summed E-state index contributed by atoms with van der Waals surface area (Å²) in [6.07, 6.45) is 0. The third-order valence-corrected chi connectivity index (χ3v) is 9.79. The lowest BCUT2D eigenvalue weighted by molar-refractivity contribution is 0.666. The Labute approximate surface area is 269 Å². The van der Waals surface area contributed by atoms with Crippen molar-refractivity contribution in [2.45, 2.75) is 19.3 Å². The van der Waals surface area contributed by atoms with Gasteiger partial charge in [0.15, 0.2) is 0 Å². The van der Waals surface area contributed by atoms with Gasteiger partial charge in [-0.3, -0.25) is 4.57 Å². The van der Waals surface area contributed by atoms with E-state index in [2.05, 4.69) is 176 Å². The van der Waals surface area contributed by atoms with Crippen LogP contribution in [-0.2, 0) is 5.41 Å². The van der Waals surface area contributed by atoms with E-state index in [0.29, 0.717) is 0 Å². The van der Waals surface area contributed by atoms with Gasteiger partial charge in [-0.15, -0.1) is 0 Å². The molecule has 0 fully saturated rings. The van der Waals surface area contributed by atoms with Gasteiger partial charge in [-0.25, -0.2) is 4.98 Å². The molecule has 1 aliphatic rings. The summed E-state index contributed by atoms with van der Waals surface area (Å²) in [6, 6.07) is 56.8. The maximum absolute atomic E-state index is 5.41. The number of pyridine rings is 1. The Morgan fingerprint density at radius 1 is 0.478 bits per heavy atom. The minimum absolute atomic E-state index is 0.120. The van der Waals surface area contributed by atoms with Crippen LogP contribution in [0.15, 0.2) is 158 Å². The first-order chi connectivity index (χ1) is 22.6. The van der Waals surface area contributed by atoms with Crippen molar-refractivity contribution in [2.75, 3.05) is 0 Å². The average molecular weight is 589 g/mol. The van der Waals surface area contributed by atoms with E-state index in [4.69, 9.17) is 4.98 Å². The van der Waals surface area contributed by atoms with Crippen molar-refractivity contribution in [3.63, 3.8) is 0 Å². The van der Waals surface area contributed by atoms with Crippen molar-refractivity contribution < 1.29 is 0 Å². The number of aromatic nitrogens is 2. The molecule has 0 amide bonds. The molecule has 46 heavy (non-hydrogen) atoms. The van der Waals surface area contributed by atoms with Crippen molar-refractivity contribution in [1.29, 1.82) is 0 Å². The number of rotatable bonds is 4. The largest absolute Gasteiger partial charge is 0.294 e. The fourth-order valence-electron chi connectivity index (χ4n) is 7.62. The molecule has 0 unspecified atom stereocenters. The van der Waals surface area contributed by atoms with Crippen molar-refractivity contribution >= 4 is 21.8 Å². The molecule has 0 N–H and O–H groups in total. The monoisotopic (exact) mass is 588 g/mol. The predicted octanol–water partition coefficient (Wildman–Crippen LogP) is 11.5. The minimum Gasteiger partial charge on any atom is -0.294 e. The molecule has 218 valence electrons. The first-order valence-electron chi connectivity index (χ1n) is 16.0. The van der Waals surface area contributed by atoms with E-state index >= 15 is 0 Å². The fraction of sp³-hybridized carbons (Fsp3) is 0.0682. The van der Waals surface area contributed by atoms with Crippen LogP contribution in [0.1, 0.15) is 25.0 Å². The van der Waals surface area contributed by atoms with E-state index < -0.39 is 0 Å². The van der Waals surface area contributed by atoms with Gasteiger partial charge in [0, 0.05) is 21.8 Å². The zero-order valence-electron chi connectivity index (χ0n) is 25.9. The lowest BCUT2D eigenvalue weighted by Crippen LogP contribution is -2.15. The van der Waals surface area contributed by atoms with Crippen LogP contribution in [0, 0.1) is 0 Å². The van der Waals surface area contributed by atoms with Crippen molar-refractivity contribution in [3.05, 3.63) is 169 Å². The maximum atomic E-state index is 5.41. The molecule has 0 atom stereocenters. The molecule has 6 aromatic carbocycles. The standard InChI is InChI=1S/C44H32N2/c1-44(2)37-19-11-9-17-34(37)35-25-26-40-42(43(35)44)36-18-10-12-20-39(36)46(40)41-28-33(30-15-7-4-8-16-30)27-38(45-41)32-23-21-31(22-24-32)29-13-5-3-6-14-29/h3-28H,1-2H3. The quantitative estimate of drug-likeness (QED) is 0.200. The van der Waals surface area contributed by atoms with Crippen LogP contribution in [0.4, 0.5) is 0 Å². The number of para-hydroxylation sites is 1. The van der Waals surface area contributed by atoms with Crippen LogP contribution in [0.2, 0.25) is 0 Å². The van der Waals surface area contributed by atoms with E-state index in [9.17, 15) is 0 Å². The molecule has 2 heterocycles. The molecule has 9 rings (SSSR count). The lowest BCUT2D eigenvalue weighted by Gasteiger charge is -2.22. The highest BCUT2D eigenvalue weighted by Gasteiger charge is 2.38. The van der Waals surface area contributed by atoms with Gasteiger partial charge in [0.1, 0.15) is 5.82 Å². The first-order valence-corrected chi connectivity index (χ1v) is 16.0. The number of hydrogen-bond donors (Lipinski definition) is 0.